The van der Waals surface area contributed by atoms with Crippen molar-refractivity contribution in [3.8, 4) is 0 Å². The second-order valence-corrected chi connectivity index (χ2v) is 20.3. The summed E-state index contributed by atoms with van der Waals surface area (Å²) in [5.41, 5.74) is 3.57. The maximum absolute atomic E-state index is 12.6. The summed E-state index contributed by atoms with van der Waals surface area (Å²) in [7, 11) is 0. The van der Waals surface area contributed by atoms with Crippen LogP contribution >= 0.6 is 0 Å². The molecule has 4 fully saturated rings. The fraction of sp³-hybridized carbons (Fsp3) is 0.863. The number of esters is 1. The van der Waals surface area contributed by atoms with E-state index in [1.807, 2.05) is 0 Å². The number of fused-ring (bicyclic) bond motifs is 5. The number of aliphatic hydroxyl groups is 3. The number of ether oxygens (including phenoxy) is 3. The molecule has 1 aliphatic heterocycles. The van der Waals surface area contributed by atoms with Gasteiger partial charge < -0.3 is 29.5 Å². The first-order valence-electron chi connectivity index (χ1n) is 24.4. The third-order valence-corrected chi connectivity index (χ3v) is 16.3. The molecule has 0 radical (unpaired) electrons. The lowest BCUT2D eigenvalue weighted by Gasteiger charge is -2.58. The van der Waals surface area contributed by atoms with Crippen LogP contribution in [0, 0.1) is 46.3 Å². The Balaban J connectivity index is 1.05. The third kappa shape index (κ3) is 11.7. The van der Waals surface area contributed by atoms with Gasteiger partial charge in [0.25, 0.3) is 0 Å². The van der Waals surface area contributed by atoms with Crippen LogP contribution in [0.2, 0.25) is 0 Å². The molecule has 14 atom stereocenters. The molecule has 332 valence electrons. The Morgan fingerprint density at radius 3 is 2.10 bits per heavy atom. The standard InChI is InChI=1S/C51H86O7/c1-8-10-11-12-13-14-15-16-17-18-19-20-21-22-45(52)56-34-44-46(53)47(54)48(55)49(58-44)57-39-29-31-50(6)38(33-39)25-26-40-42-28-27-41(51(42,7)32-30-43(40)50)36(5)23-24-37(9-2)35(3)4/h23-24,26,36-39,41-44,46-49,53-55H,3,8-22,25,27-34H2,1-2,4-7H3/b24-23+/t36-,37-,38-,39+,41-,42-,43+,44-,46-,47+,48-,49-,50+,51-/m1/s1. The highest BCUT2D eigenvalue weighted by atomic mass is 16.7. The molecule has 0 spiro atoms. The first kappa shape index (κ1) is 47.5. The first-order valence-corrected chi connectivity index (χ1v) is 24.4. The van der Waals surface area contributed by atoms with Gasteiger partial charge in [-0.3, -0.25) is 4.79 Å². The van der Waals surface area contributed by atoms with Gasteiger partial charge >= 0.3 is 5.97 Å². The van der Waals surface area contributed by atoms with Crippen molar-refractivity contribution in [2.24, 2.45) is 46.3 Å². The van der Waals surface area contributed by atoms with E-state index in [2.05, 4.69) is 66.3 Å². The Morgan fingerprint density at radius 1 is 0.845 bits per heavy atom. The van der Waals surface area contributed by atoms with Crippen LogP contribution in [0.25, 0.3) is 0 Å². The zero-order valence-electron chi connectivity index (χ0n) is 37.8. The number of rotatable bonds is 23. The normalized spacial score (nSPS) is 37.1. The molecule has 5 aliphatic rings. The minimum absolute atomic E-state index is 0.114. The Hall–Kier alpha value is -1.51. The van der Waals surface area contributed by atoms with Crippen molar-refractivity contribution in [2.45, 2.75) is 226 Å². The van der Waals surface area contributed by atoms with Gasteiger partial charge in [0.1, 0.15) is 31.0 Å². The molecule has 0 aromatic rings. The van der Waals surface area contributed by atoms with Crippen molar-refractivity contribution in [3.05, 3.63) is 36.0 Å². The molecular formula is C51H86O7. The van der Waals surface area contributed by atoms with E-state index in [0.717, 1.165) is 51.4 Å². The summed E-state index contributed by atoms with van der Waals surface area (Å²) in [5, 5.41) is 32.5. The maximum atomic E-state index is 12.6. The number of hydrogen-bond donors (Lipinski definition) is 3. The predicted octanol–water partition coefficient (Wildman–Crippen LogP) is 11.6. The number of unbranched alkanes of at least 4 members (excludes halogenated alkanes) is 12. The number of hydrogen-bond acceptors (Lipinski definition) is 7. The van der Waals surface area contributed by atoms with Crippen LogP contribution < -0.4 is 0 Å². The summed E-state index contributed by atoms with van der Waals surface area (Å²) in [6, 6.07) is 0. The molecule has 4 aliphatic carbocycles. The van der Waals surface area contributed by atoms with Crippen molar-refractivity contribution >= 4 is 5.97 Å². The number of aliphatic hydroxyl groups excluding tert-OH is 3. The van der Waals surface area contributed by atoms with E-state index in [9.17, 15) is 20.1 Å². The van der Waals surface area contributed by atoms with Crippen LogP contribution in [0.5, 0.6) is 0 Å². The third-order valence-electron chi connectivity index (χ3n) is 16.3. The fourth-order valence-electron chi connectivity index (χ4n) is 12.5. The van der Waals surface area contributed by atoms with E-state index in [4.69, 9.17) is 14.2 Å². The van der Waals surface area contributed by atoms with Crippen LogP contribution in [-0.2, 0) is 19.0 Å². The molecule has 0 aromatic heterocycles. The molecular weight excluding hydrogens is 725 g/mol. The molecule has 0 amide bonds. The topological polar surface area (TPSA) is 105 Å². The highest BCUT2D eigenvalue weighted by molar-refractivity contribution is 5.69. The lowest BCUT2D eigenvalue weighted by Crippen LogP contribution is -2.60. The van der Waals surface area contributed by atoms with Crippen LogP contribution in [0.3, 0.4) is 0 Å². The molecule has 1 heterocycles. The van der Waals surface area contributed by atoms with Gasteiger partial charge in [0.15, 0.2) is 6.29 Å². The van der Waals surface area contributed by atoms with E-state index in [1.54, 1.807) is 5.57 Å². The Bertz CT molecular complexity index is 1340. The second kappa shape index (κ2) is 22.5. The molecule has 0 unspecified atom stereocenters. The van der Waals surface area contributed by atoms with Crippen LogP contribution in [0.1, 0.15) is 189 Å². The van der Waals surface area contributed by atoms with Gasteiger partial charge in [-0.25, -0.2) is 0 Å². The van der Waals surface area contributed by atoms with E-state index in [1.165, 1.54) is 95.5 Å². The Labute approximate surface area is 354 Å². The largest absolute Gasteiger partial charge is 0.463 e. The van der Waals surface area contributed by atoms with Gasteiger partial charge in [-0.15, -0.1) is 0 Å². The van der Waals surface area contributed by atoms with Crippen molar-refractivity contribution < 1.29 is 34.3 Å². The van der Waals surface area contributed by atoms with E-state index in [-0.39, 0.29) is 24.1 Å². The molecule has 0 aromatic carbocycles. The molecule has 3 N–H and O–H groups in total. The quantitative estimate of drug-likeness (QED) is 0.0536. The van der Waals surface area contributed by atoms with Gasteiger partial charge in [0.05, 0.1) is 6.10 Å². The van der Waals surface area contributed by atoms with Gasteiger partial charge in [0, 0.05) is 6.42 Å². The molecule has 1 saturated heterocycles. The van der Waals surface area contributed by atoms with Crippen LogP contribution in [-0.4, -0.2) is 64.7 Å². The lowest BCUT2D eigenvalue weighted by atomic mass is 9.47. The highest BCUT2D eigenvalue weighted by Gasteiger charge is 2.58. The zero-order chi connectivity index (χ0) is 41.9. The van der Waals surface area contributed by atoms with Gasteiger partial charge in [-0.1, -0.05) is 148 Å². The average Bonchev–Trinajstić information content (AvgIpc) is 3.56. The molecule has 58 heavy (non-hydrogen) atoms. The average molecular weight is 811 g/mol. The van der Waals surface area contributed by atoms with E-state index >= 15 is 0 Å². The Morgan fingerprint density at radius 2 is 1.47 bits per heavy atom. The molecule has 3 saturated carbocycles. The minimum atomic E-state index is -1.44. The molecule has 5 rings (SSSR count). The summed E-state index contributed by atoms with van der Waals surface area (Å²) in [6.45, 7) is 18.3. The van der Waals surface area contributed by atoms with E-state index in [0.29, 0.717) is 47.3 Å². The second-order valence-electron chi connectivity index (χ2n) is 20.3. The summed E-state index contributed by atoms with van der Waals surface area (Å²) in [5.74, 6) is 3.18. The van der Waals surface area contributed by atoms with Gasteiger partial charge in [0.2, 0.25) is 0 Å². The van der Waals surface area contributed by atoms with E-state index < -0.39 is 30.7 Å². The Kier molecular flexibility index (Phi) is 18.5. The summed E-state index contributed by atoms with van der Waals surface area (Å²) < 4.78 is 18.0. The summed E-state index contributed by atoms with van der Waals surface area (Å²) in [4.78, 5) is 12.6. The van der Waals surface area contributed by atoms with Crippen molar-refractivity contribution in [3.63, 3.8) is 0 Å². The first-order chi connectivity index (χ1) is 27.8. The molecule has 7 nitrogen and oxygen atoms in total. The van der Waals surface area contributed by atoms with Crippen LogP contribution in [0.15, 0.2) is 36.0 Å². The zero-order valence-corrected chi connectivity index (χ0v) is 37.8. The highest BCUT2D eigenvalue weighted by Crippen LogP contribution is 2.67. The number of carbonyl (C=O) groups is 1. The maximum Gasteiger partial charge on any atom is 0.305 e. The van der Waals surface area contributed by atoms with Crippen molar-refractivity contribution in [2.75, 3.05) is 6.61 Å². The van der Waals surface area contributed by atoms with Crippen molar-refractivity contribution in [1.29, 1.82) is 0 Å². The van der Waals surface area contributed by atoms with Crippen molar-refractivity contribution in [1.82, 2.24) is 0 Å². The molecule has 0 bridgehead atoms. The monoisotopic (exact) mass is 811 g/mol. The summed E-state index contributed by atoms with van der Waals surface area (Å²) >= 11 is 0. The van der Waals surface area contributed by atoms with Gasteiger partial charge in [-0.2, -0.15) is 0 Å². The van der Waals surface area contributed by atoms with Gasteiger partial charge in [-0.05, 0) is 117 Å². The smallest absolute Gasteiger partial charge is 0.305 e. The lowest BCUT2D eigenvalue weighted by molar-refractivity contribution is -0.316. The SMILES string of the molecule is C=C(C)[C@@H](/C=C/[C@@H](C)[C@H]1CC[C@@H]2C3=CC[C@@H]4C[C@@H](O[C@@H]5O[C@H](COC(=O)CCCCCCCCCCCCCCC)[C@@H](O)[C@H](O)[C@H]5O)CC[C@]4(C)[C@H]3CC[C@@]21C)CC. The van der Waals surface area contributed by atoms with Crippen LogP contribution in [0.4, 0.5) is 0 Å². The summed E-state index contributed by atoms with van der Waals surface area (Å²) in [6.07, 6.45) is 27.8. The minimum Gasteiger partial charge on any atom is -0.463 e. The fourth-order valence-corrected chi connectivity index (χ4v) is 12.5. The predicted molar refractivity (Wildman–Crippen MR) is 235 cm³/mol. The molecule has 7 heteroatoms. The number of allylic oxidation sites excluding steroid dienone is 5. The number of carbonyl (C=O) groups excluding carboxylic acids is 1.